The first kappa shape index (κ1) is 16.7. The van der Waals surface area contributed by atoms with Crippen molar-refractivity contribution in [2.75, 3.05) is 26.0 Å². The fourth-order valence-corrected chi connectivity index (χ4v) is 3.56. The van der Waals surface area contributed by atoms with Crippen LogP contribution in [0, 0.1) is 0 Å². The first-order valence-electron chi connectivity index (χ1n) is 6.40. The van der Waals surface area contributed by atoms with Crippen LogP contribution >= 0.6 is 0 Å². The Labute approximate surface area is 120 Å². The highest BCUT2D eigenvalue weighted by Gasteiger charge is 2.27. The lowest BCUT2D eigenvalue weighted by molar-refractivity contribution is 0.258. The molecular formula is C13H22N2O4S. The van der Waals surface area contributed by atoms with Crippen molar-refractivity contribution in [3.8, 4) is 5.75 Å². The fourth-order valence-electron chi connectivity index (χ4n) is 1.87. The minimum Gasteiger partial charge on any atom is -0.495 e. The van der Waals surface area contributed by atoms with Crippen LogP contribution in [0.4, 0.5) is 5.69 Å². The molecule has 0 atom stereocenters. The fraction of sp³-hybridized carbons (Fsp3) is 0.538. The van der Waals surface area contributed by atoms with Crippen molar-refractivity contribution in [1.82, 2.24) is 4.31 Å². The summed E-state index contributed by atoms with van der Waals surface area (Å²) in [5.74, 6) is 0.330. The Morgan fingerprint density at radius 3 is 2.55 bits per heavy atom. The van der Waals surface area contributed by atoms with Crippen LogP contribution in [0.1, 0.15) is 20.3 Å². The maximum Gasteiger partial charge on any atom is 0.243 e. The monoisotopic (exact) mass is 302 g/mol. The molecular weight excluding hydrogens is 280 g/mol. The third kappa shape index (κ3) is 3.62. The highest BCUT2D eigenvalue weighted by atomic mass is 32.2. The molecule has 0 unspecified atom stereocenters. The molecule has 114 valence electrons. The van der Waals surface area contributed by atoms with E-state index in [1.54, 1.807) is 13.8 Å². The zero-order chi connectivity index (χ0) is 15.3. The number of nitrogens with zero attached hydrogens (tertiary/aromatic N) is 1. The van der Waals surface area contributed by atoms with E-state index < -0.39 is 10.0 Å². The van der Waals surface area contributed by atoms with Gasteiger partial charge in [0.25, 0.3) is 0 Å². The van der Waals surface area contributed by atoms with Crippen LogP contribution in [0.25, 0.3) is 0 Å². The van der Waals surface area contributed by atoms with Crippen molar-refractivity contribution < 1.29 is 18.3 Å². The molecule has 0 aliphatic heterocycles. The van der Waals surface area contributed by atoms with Gasteiger partial charge in [0.1, 0.15) is 5.75 Å². The first-order valence-corrected chi connectivity index (χ1v) is 7.84. The third-order valence-electron chi connectivity index (χ3n) is 2.92. The predicted octanol–water partition coefficient (Wildman–Crippen LogP) is 1.06. The number of aliphatic hydroxyl groups excluding tert-OH is 1. The Balaban J connectivity index is 3.19. The molecule has 0 saturated carbocycles. The lowest BCUT2D eigenvalue weighted by Crippen LogP contribution is -2.38. The van der Waals surface area contributed by atoms with E-state index in [1.807, 2.05) is 0 Å². The van der Waals surface area contributed by atoms with Gasteiger partial charge in [0, 0.05) is 25.3 Å². The van der Waals surface area contributed by atoms with Crippen molar-refractivity contribution >= 4 is 15.7 Å². The van der Waals surface area contributed by atoms with Gasteiger partial charge in [-0.2, -0.15) is 4.31 Å². The number of hydrogen-bond donors (Lipinski definition) is 2. The van der Waals surface area contributed by atoms with Crippen molar-refractivity contribution in [3.63, 3.8) is 0 Å². The summed E-state index contributed by atoms with van der Waals surface area (Å²) in [6.07, 6.45) is 0.392. The molecule has 0 spiro atoms. The number of nitrogen functional groups attached to an aromatic ring is 1. The van der Waals surface area contributed by atoms with Gasteiger partial charge in [0.15, 0.2) is 0 Å². The smallest absolute Gasteiger partial charge is 0.243 e. The quantitative estimate of drug-likeness (QED) is 0.735. The zero-order valence-electron chi connectivity index (χ0n) is 12.0. The highest BCUT2D eigenvalue weighted by Crippen LogP contribution is 2.27. The number of nitrogens with two attached hydrogens (primary N) is 1. The minimum atomic E-state index is -3.64. The van der Waals surface area contributed by atoms with E-state index in [2.05, 4.69) is 0 Å². The van der Waals surface area contributed by atoms with Crippen LogP contribution in [0.2, 0.25) is 0 Å². The second kappa shape index (κ2) is 6.92. The van der Waals surface area contributed by atoms with Gasteiger partial charge in [0.2, 0.25) is 10.0 Å². The molecule has 0 aliphatic carbocycles. The molecule has 0 aliphatic rings. The van der Waals surface area contributed by atoms with E-state index in [1.165, 1.54) is 29.6 Å². The van der Waals surface area contributed by atoms with Crippen LogP contribution in [0.3, 0.4) is 0 Å². The number of aliphatic hydroxyl groups is 1. The van der Waals surface area contributed by atoms with Gasteiger partial charge in [-0.3, -0.25) is 0 Å². The van der Waals surface area contributed by atoms with Crippen molar-refractivity contribution in [1.29, 1.82) is 0 Å². The molecule has 3 N–H and O–H groups in total. The Kier molecular flexibility index (Phi) is 5.79. The summed E-state index contributed by atoms with van der Waals surface area (Å²) in [5, 5.41) is 8.89. The maximum atomic E-state index is 12.6. The number of benzene rings is 1. The number of hydrogen-bond acceptors (Lipinski definition) is 5. The van der Waals surface area contributed by atoms with Gasteiger partial charge < -0.3 is 15.6 Å². The van der Waals surface area contributed by atoms with Gasteiger partial charge in [-0.15, -0.1) is 0 Å². The van der Waals surface area contributed by atoms with Crippen molar-refractivity contribution in [3.05, 3.63) is 18.2 Å². The molecule has 0 fully saturated rings. The Morgan fingerprint density at radius 1 is 1.40 bits per heavy atom. The molecule has 0 amide bonds. The number of rotatable bonds is 7. The third-order valence-corrected chi connectivity index (χ3v) is 5.00. The number of ether oxygens (including phenoxy) is 1. The maximum absolute atomic E-state index is 12.6. The number of methoxy groups -OCH3 is 1. The molecule has 0 aromatic heterocycles. The van der Waals surface area contributed by atoms with Crippen molar-refractivity contribution in [2.24, 2.45) is 0 Å². The van der Waals surface area contributed by atoms with Gasteiger partial charge in [-0.25, -0.2) is 8.42 Å². The zero-order valence-corrected chi connectivity index (χ0v) is 12.9. The SMILES string of the molecule is COc1cc(S(=O)(=O)N(CCCO)C(C)C)ccc1N. The Hall–Kier alpha value is -1.31. The highest BCUT2D eigenvalue weighted by molar-refractivity contribution is 7.89. The molecule has 0 heterocycles. The van der Waals surface area contributed by atoms with E-state index in [0.29, 0.717) is 17.9 Å². The van der Waals surface area contributed by atoms with Gasteiger partial charge in [0.05, 0.1) is 17.7 Å². The number of anilines is 1. The molecule has 0 saturated heterocycles. The summed E-state index contributed by atoms with van der Waals surface area (Å²) in [4.78, 5) is 0.134. The summed E-state index contributed by atoms with van der Waals surface area (Å²) >= 11 is 0. The summed E-state index contributed by atoms with van der Waals surface area (Å²) < 4.78 is 31.6. The average Bonchev–Trinajstić information content (AvgIpc) is 2.38. The Morgan fingerprint density at radius 2 is 2.05 bits per heavy atom. The number of sulfonamides is 1. The normalized spacial score (nSPS) is 12.1. The Bertz CT molecular complexity index is 543. The lowest BCUT2D eigenvalue weighted by atomic mass is 10.3. The van der Waals surface area contributed by atoms with Crippen LogP contribution in [0.15, 0.2) is 23.1 Å². The van der Waals surface area contributed by atoms with E-state index in [0.717, 1.165) is 0 Å². The van der Waals surface area contributed by atoms with E-state index >= 15 is 0 Å². The second-order valence-electron chi connectivity index (χ2n) is 4.69. The van der Waals surface area contributed by atoms with E-state index in [9.17, 15) is 8.42 Å². The standard InChI is InChI=1S/C13H22N2O4S/c1-10(2)15(7-4-8-16)20(17,18)11-5-6-12(14)13(9-11)19-3/h5-6,9-10,16H,4,7-8,14H2,1-3H3. The summed E-state index contributed by atoms with van der Waals surface area (Å²) in [7, 11) is -2.20. The van der Waals surface area contributed by atoms with Crippen LogP contribution in [0.5, 0.6) is 5.75 Å². The van der Waals surface area contributed by atoms with Crippen LogP contribution in [-0.4, -0.2) is 44.1 Å². The molecule has 0 bridgehead atoms. The average molecular weight is 302 g/mol. The molecule has 1 aromatic carbocycles. The lowest BCUT2D eigenvalue weighted by Gasteiger charge is -2.26. The van der Waals surface area contributed by atoms with Crippen molar-refractivity contribution in [2.45, 2.75) is 31.2 Å². The molecule has 20 heavy (non-hydrogen) atoms. The first-order chi connectivity index (χ1) is 9.34. The summed E-state index contributed by atoms with van der Waals surface area (Å²) in [6, 6.07) is 4.19. The van der Waals surface area contributed by atoms with Gasteiger partial charge in [-0.1, -0.05) is 0 Å². The van der Waals surface area contributed by atoms with E-state index in [-0.39, 0.29) is 24.1 Å². The van der Waals surface area contributed by atoms with Gasteiger partial charge in [-0.05, 0) is 32.4 Å². The second-order valence-corrected chi connectivity index (χ2v) is 6.58. The molecule has 7 heteroatoms. The summed E-state index contributed by atoms with van der Waals surface area (Å²) in [5.41, 5.74) is 6.08. The van der Waals surface area contributed by atoms with Crippen LogP contribution < -0.4 is 10.5 Å². The molecule has 1 aromatic rings. The summed E-state index contributed by atoms with van der Waals surface area (Å²) in [6.45, 7) is 3.81. The topological polar surface area (TPSA) is 92.9 Å². The molecule has 1 rings (SSSR count). The molecule has 6 nitrogen and oxygen atoms in total. The van der Waals surface area contributed by atoms with Crippen LogP contribution in [-0.2, 0) is 10.0 Å². The molecule has 0 radical (unpaired) electrons. The minimum absolute atomic E-state index is 0.0518. The largest absolute Gasteiger partial charge is 0.495 e. The predicted molar refractivity (Wildman–Crippen MR) is 78.1 cm³/mol. The van der Waals surface area contributed by atoms with E-state index in [4.69, 9.17) is 15.6 Å². The van der Waals surface area contributed by atoms with Gasteiger partial charge >= 0.3 is 0 Å².